The van der Waals surface area contributed by atoms with Crippen LogP contribution < -0.4 is 9.64 Å². The highest BCUT2D eigenvalue weighted by atomic mass is 32.1. The first-order valence-corrected chi connectivity index (χ1v) is 10.4. The molecule has 1 atom stereocenters. The number of aryl methyl sites for hydroxylation is 1. The minimum absolute atomic E-state index is 0.0948. The van der Waals surface area contributed by atoms with Crippen LogP contribution in [0.4, 0.5) is 10.8 Å². The molecule has 0 aliphatic carbocycles. The molecule has 3 aromatic rings. The number of non-ortho nitro benzene ring substituents is 1. The average molecular weight is 427 g/mol. The van der Waals surface area contributed by atoms with Crippen molar-refractivity contribution in [2.75, 3.05) is 25.2 Å². The summed E-state index contributed by atoms with van der Waals surface area (Å²) in [5, 5.41) is 11.7. The number of aromatic nitrogens is 1. The van der Waals surface area contributed by atoms with Gasteiger partial charge < -0.3 is 9.47 Å². The maximum atomic E-state index is 13.4. The second-order valence-electron chi connectivity index (χ2n) is 7.12. The Labute approximate surface area is 177 Å². The van der Waals surface area contributed by atoms with Gasteiger partial charge in [0.1, 0.15) is 11.3 Å². The topological polar surface area (TPSA) is 94.8 Å². The number of carbonyl (C=O) groups excluding carboxylic acids is 1. The van der Waals surface area contributed by atoms with Gasteiger partial charge in [0, 0.05) is 24.3 Å². The molecule has 1 fully saturated rings. The van der Waals surface area contributed by atoms with E-state index < -0.39 is 4.92 Å². The van der Waals surface area contributed by atoms with E-state index in [0.29, 0.717) is 29.5 Å². The number of amides is 1. The average Bonchev–Trinajstić information content (AvgIpc) is 3.42. The molecule has 1 aliphatic rings. The molecule has 4 rings (SSSR count). The van der Waals surface area contributed by atoms with Crippen LogP contribution in [0.2, 0.25) is 0 Å². The number of anilines is 1. The van der Waals surface area contributed by atoms with Crippen LogP contribution in [0.1, 0.15) is 28.8 Å². The number of thiazole rings is 1. The molecule has 2 heterocycles. The van der Waals surface area contributed by atoms with E-state index in [1.165, 1.54) is 29.5 Å². The minimum atomic E-state index is -0.507. The summed E-state index contributed by atoms with van der Waals surface area (Å²) in [7, 11) is 1.58. The fourth-order valence-electron chi connectivity index (χ4n) is 3.53. The lowest BCUT2D eigenvalue weighted by Crippen LogP contribution is -2.37. The van der Waals surface area contributed by atoms with E-state index >= 15 is 0 Å². The summed E-state index contributed by atoms with van der Waals surface area (Å²) in [5.74, 6) is 0.294. The van der Waals surface area contributed by atoms with E-state index in [-0.39, 0.29) is 23.3 Å². The molecule has 9 heteroatoms. The summed E-state index contributed by atoms with van der Waals surface area (Å²) in [6.45, 7) is 2.98. The van der Waals surface area contributed by atoms with E-state index in [9.17, 15) is 14.9 Å². The van der Waals surface area contributed by atoms with Crippen molar-refractivity contribution in [3.8, 4) is 5.75 Å². The number of nitro groups is 1. The van der Waals surface area contributed by atoms with Crippen LogP contribution in [0.15, 0.2) is 36.4 Å². The third kappa shape index (κ3) is 3.86. The van der Waals surface area contributed by atoms with Gasteiger partial charge in [-0.15, -0.1) is 0 Å². The van der Waals surface area contributed by atoms with Crippen LogP contribution in [0, 0.1) is 17.0 Å². The number of nitrogens with zero attached hydrogens (tertiary/aromatic N) is 3. The number of ether oxygens (including phenoxy) is 2. The van der Waals surface area contributed by atoms with Crippen molar-refractivity contribution < 1.29 is 19.2 Å². The third-order valence-electron chi connectivity index (χ3n) is 5.10. The Morgan fingerprint density at radius 3 is 2.93 bits per heavy atom. The Kier molecular flexibility index (Phi) is 5.65. The number of nitro benzene ring substituents is 1. The number of benzene rings is 2. The molecule has 0 bridgehead atoms. The zero-order valence-corrected chi connectivity index (χ0v) is 17.5. The summed E-state index contributed by atoms with van der Waals surface area (Å²) < 4.78 is 12.1. The summed E-state index contributed by atoms with van der Waals surface area (Å²) in [5.41, 5.74) is 1.85. The molecule has 1 aliphatic heterocycles. The molecule has 1 aromatic heterocycles. The number of hydrogen-bond donors (Lipinski definition) is 0. The number of hydrogen-bond acceptors (Lipinski definition) is 7. The first-order chi connectivity index (χ1) is 14.5. The highest BCUT2D eigenvalue weighted by Gasteiger charge is 2.28. The zero-order valence-electron chi connectivity index (χ0n) is 16.7. The molecule has 1 unspecified atom stereocenters. The van der Waals surface area contributed by atoms with Crippen LogP contribution in [0.3, 0.4) is 0 Å². The molecule has 0 radical (unpaired) electrons. The fraction of sp³-hybridized carbons (Fsp3) is 0.333. The summed E-state index contributed by atoms with van der Waals surface area (Å²) in [4.78, 5) is 30.3. The Balaban J connectivity index is 1.77. The number of methoxy groups -OCH3 is 1. The van der Waals surface area contributed by atoms with Gasteiger partial charge >= 0.3 is 0 Å². The lowest BCUT2D eigenvalue weighted by Gasteiger charge is -2.23. The molecule has 0 spiro atoms. The molecule has 1 saturated heterocycles. The van der Waals surface area contributed by atoms with Crippen LogP contribution in [0.25, 0.3) is 10.2 Å². The van der Waals surface area contributed by atoms with Gasteiger partial charge in [-0.05, 0) is 37.5 Å². The molecular formula is C21H21N3O5S. The lowest BCUT2D eigenvalue weighted by molar-refractivity contribution is -0.384. The second-order valence-corrected chi connectivity index (χ2v) is 8.09. The Hall–Kier alpha value is -3.04. The summed E-state index contributed by atoms with van der Waals surface area (Å²) >= 11 is 1.40. The van der Waals surface area contributed by atoms with Crippen molar-refractivity contribution in [2.45, 2.75) is 25.9 Å². The SMILES string of the molecule is COc1ccc(C)c2sc(N(CC3CCCO3)C(=O)c3cccc([N+](=O)[O-])c3)nc12. The van der Waals surface area contributed by atoms with Crippen LogP contribution in [-0.4, -0.2) is 42.2 Å². The highest BCUT2D eigenvalue weighted by molar-refractivity contribution is 7.22. The number of carbonyl (C=O) groups is 1. The summed E-state index contributed by atoms with van der Waals surface area (Å²) in [6.07, 6.45) is 1.70. The fourth-order valence-corrected chi connectivity index (χ4v) is 4.59. The van der Waals surface area contributed by atoms with Crippen molar-refractivity contribution in [3.05, 3.63) is 57.6 Å². The largest absolute Gasteiger partial charge is 0.494 e. The lowest BCUT2D eigenvalue weighted by atomic mass is 10.1. The van der Waals surface area contributed by atoms with Gasteiger partial charge in [0.05, 0.1) is 29.4 Å². The normalized spacial score (nSPS) is 16.0. The van der Waals surface area contributed by atoms with Crippen molar-refractivity contribution >= 4 is 38.3 Å². The smallest absolute Gasteiger partial charge is 0.270 e. The van der Waals surface area contributed by atoms with Gasteiger partial charge in [-0.3, -0.25) is 19.8 Å². The third-order valence-corrected chi connectivity index (χ3v) is 6.32. The summed E-state index contributed by atoms with van der Waals surface area (Å²) in [6, 6.07) is 9.57. The molecule has 0 N–H and O–H groups in total. The van der Waals surface area contributed by atoms with Crippen LogP contribution in [-0.2, 0) is 4.74 Å². The van der Waals surface area contributed by atoms with Gasteiger partial charge in [-0.2, -0.15) is 0 Å². The molecule has 1 amide bonds. The van der Waals surface area contributed by atoms with E-state index in [0.717, 1.165) is 23.1 Å². The van der Waals surface area contributed by atoms with Crippen LogP contribution in [0.5, 0.6) is 5.75 Å². The van der Waals surface area contributed by atoms with E-state index in [1.807, 2.05) is 19.1 Å². The van der Waals surface area contributed by atoms with Crippen LogP contribution >= 0.6 is 11.3 Å². The van der Waals surface area contributed by atoms with Crippen molar-refractivity contribution in [1.82, 2.24) is 4.98 Å². The minimum Gasteiger partial charge on any atom is -0.494 e. The van der Waals surface area contributed by atoms with E-state index in [2.05, 4.69) is 0 Å². The molecule has 30 heavy (non-hydrogen) atoms. The zero-order chi connectivity index (χ0) is 21.3. The molecular weight excluding hydrogens is 406 g/mol. The molecule has 156 valence electrons. The first-order valence-electron chi connectivity index (χ1n) is 9.60. The molecule has 8 nitrogen and oxygen atoms in total. The molecule has 0 saturated carbocycles. The highest BCUT2D eigenvalue weighted by Crippen LogP contribution is 2.37. The second kappa shape index (κ2) is 8.37. The molecule has 2 aromatic carbocycles. The van der Waals surface area contributed by atoms with Gasteiger partial charge in [0.15, 0.2) is 5.13 Å². The van der Waals surface area contributed by atoms with Crippen molar-refractivity contribution in [2.24, 2.45) is 0 Å². The quantitative estimate of drug-likeness (QED) is 0.429. The van der Waals surface area contributed by atoms with Gasteiger partial charge in [0.2, 0.25) is 0 Å². The van der Waals surface area contributed by atoms with Gasteiger partial charge in [-0.25, -0.2) is 4.98 Å². The number of fused-ring (bicyclic) bond motifs is 1. The van der Waals surface area contributed by atoms with E-state index in [1.54, 1.807) is 18.1 Å². The standard InChI is InChI=1S/C21H21N3O5S/c1-13-8-9-17(28-2)18-19(13)30-21(22-18)23(12-16-7-4-10-29-16)20(25)14-5-3-6-15(11-14)24(26)27/h3,5-6,8-9,11,16H,4,7,10,12H2,1-2H3. The predicted octanol–water partition coefficient (Wildman–Crippen LogP) is 4.35. The van der Waals surface area contributed by atoms with Crippen molar-refractivity contribution in [1.29, 1.82) is 0 Å². The Morgan fingerprint density at radius 1 is 1.40 bits per heavy atom. The first kappa shape index (κ1) is 20.2. The predicted molar refractivity (Wildman–Crippen MR) is 115 cm³/mol. The monoisotopic (exact) mass is 427 g/mol. The maximum absolute atomic E-state index is 13.4. The van der Waals surface area contributed by atoms with Gasteiger partial charge in [-0.1, -0.05) is 23.5 Å². The number of rotatable bonds is 6. The Morgan fingerprint density at radius 2 is 2.23 bits per heavy atom. The Bertz CT molecular complexity index is 1110. The van der Waals surface area contributed by atoms with Crippen molar-refractivity contribution in [3.63, 3.8) is 0 Å². The van der Waals surface area contributed by atoms with E-state index in [4.69, 9.17) is 14.5 Å². The maximum Gasteiger partial charge on any atom is 0.270 e. The van der Waals surface area contributed by atoms with Gasteiger partial charge in [0.25, 0.3) is 11.6 Å².